The van der Waals surface area contributed by atoms with Crippen molar-refractivity contribution in [3.63, 3.8) is 0 Å². The number of halogens is 2. The molecular weight excluding hydrogens is 372 g/mol. The summed E-state index contributed by atoms with van der Waals surface area (Å²) in [7, 11) is -3.76. The second-order valence-corrected chi connectivity index (χ2v) is 8.31. The number of hydrogen-bond acceptors (Lipinski definition) is 4. The number of rotatable bonds is 4. The number of piperazine rings is 1. The van der Waals surface area contributed by atoms with Crippen LogP contribution in [0.15, 0.2) is 47.4 Å². The number of benzene rings is 2. The predicted molar refractivity (Wildman–Crippen MR) is 96.2 cm³/mol. The zero-order valence-corrected chi connectivity index (χ0v) is 15.6. The van der Waals surface area contributed by atoms with Crippen molar-refractivity contribution in [1.82, 2.24) is 9.21 Å². The van der Waals surface area contributed by atoms with Crippen LogP contribution in [0.2, 0.25) is 0 Å². The molecule has 3 rings (SSSR count). The van der Waals surface area contributed by atoms with Crippen molar-refractivity contribution in [2.45, 2.75) is 17.9 Å². The molecule has 1 saturated heterocycles. The van der Waals surface area contributed by atoms with E-state index in [4.69, 9.17) is 0 Å². The molecule has 1 unspecified atom stereocenters. The minimum atomic E-state index is -3.76. The molecule has 1 heterocycles. The molecule has 27 heavy (non-hydrogen) atoms. The largest absolute Gasteiger partial charge is 0.282 e. The highest BCUT2D eigenvalue weighted by molar-refractivity contribution is 7.89. The lowest BCUT2D eigenvalue weighted by atomic mass is 10.1. The number of hydrogen-bond donors (Lipinski definition) is 0. The third-order valence-electron chi connectivity index (χ3n) is 4.72. The zero-order chi connectivity index (χ0) is 19.6. The van der Waals surface area contributed by atoms with Crippen molar-refractivity contribution in [2.24, 2.45) is 0 Å². The lowest BCUT2D eigenvalue weighted by Crippen LogP contribution is -2.49. The zero-order valence-electron chi connectivity index (χ0n) is 14.8. The third-order valence-corrected chi connectivity index (χ3v) is 6.77. The van der Waals surface area contributed by atoms with Gasteiger partial charge in [-0.1, -0.05) is 18.2 Å². The Bertz CT molecular complexity index is 981. The Hall–Kier alpha value is -2.34. The third kappa shape index (κ3) is 3.86. The molecule has 0 spiro atoms. The molecule has 8 heteroatoms. The Morgan fingerprint density at radius 3 is 2.33 bits per heavy atom. The van der Waals surface area contributed by atoms with Gasteiger partial charge in [0, 0.05) is 31.7 Å². The Balaban J connectivity index is 1.76. The Kier molecular flexibility index (Phi) is 5.56. The van der Waals surface area contributed by atoms with Crippen molar-refractivity contribution in [3.05, 3.63) is 65.2 Å². The fourth-order valence-corrected chi connectivity index (χ4v) is 4.92. The van der Waals surface area contributed by atoms with Crippen LogP contribution in [0.4, 0.5) is 8.78 Å². The van der Waals surface area contributed by atoms with E-state index in [0.29, 0.717) is 18.7 Å². The topological polar surface area (TPSA) is 64.4 Å². The smallest absolute Gasteiger partial charge is 0.243 e. The molecule has 0 radical (unpaired) electrons. The molecular formula is C19H19F2N3O2S. The van der Waals surface area contributed by atoms with Gasteiger partial charge >= 0.3 is 0 Å². The Labute approximate surface area is 157 Å². The summed E-state index contributed by atoms with van der Waals surface area (Å²) in [5.41, 5.74) is 0.629. The summed E-state index contributed by atoms with van der Waals surface area (Å²) in [6.45, 7) is 2.49. The molecule has 1 aliphatic rings. The number of sulfonamides is 1. The van der Waals surface area contributed by atoms with Crippen LogP contribution in [0.5, 0.6) is 0 Å². The quantitative estimate of drug-likeness (QED) is 0.804. The second-order valence-electron chi connectivity index (χ2n) is 6.40. The van der Waals surface area contributed by atoms with E-state index in [9.17, 15) is 22.5 Å². The minimum Gasteiger partial charge on any atom is -0.282 e. The van der Waals surface area contributed by atoms with Crippen molar-refractivity contribution in [2.75, 3.05) is 26.2 Å². The summed E-state index contributed by atoms with van der Waals surface area (Å²) in [5.74, 6) is -0.945. The average molecular weight is 391 g/mol. The van der Waals surface area contributed by atoms with Gasteiger partial charge in [-0.2, -0.15) is 9.57 Å². The van der Waals surface area contributed by atoms with Crippen LogP contribution in [0.25, 0.3) is 0 Å². The van der Waals surface area contributed by atoms with Crippen LogP contribution >= 0.6 is 0 Å². The molecule has 1 atom stereocenters. The van der Waals surface area contributed by atoms with E-state index in [1.54, 1.807) is 30.0 Å². The van der Waals surface area contributed by atoms with E-state index >= 15 is 0 Å². The van der Waals surface area contributed by atoms with Gasteiger partial charge in [0.1, 0.15) is 17.7 Å². The highest BCUT2D eigenvalue weighted by Crippen LogP contribution is 2.27. The van der Waals surface area contributed by atoms with Crippen LogP contribution in [-0.2, 0) is 10.0 Å². The summed E-state index contributed by atoms with van der Waals surface area (Å²) in [5, 5.41) is 9.50. The predicted octanol–water partition coefficient (Wildman–Crippen LogP) is 2.84. The first-order valence-electron chi connectivity index (χ1n) is 8.49. The molecule has 0 bridgehead atoms. The maximum absolute atomic E-state index is 14.0. The number of aryl methyl sites for hydroxylation is 1. The van der Waals surface area contributed by atoms with Crippen molar-refractivity contribution >= 4 is 10.0 Å². The maximum Gasteiger partial charge on any atom is 0.243 e. The molecule has 0 saturated carbocycles. The standard InChI is InChI=1S/C19H19F2N3O2S/c1-14-12-15(20)6-7-19(14)27(25,26)24-10-8-23(9-11-24)18(13-22)16-4-2-3-5-17(16)21/h2-7,12,18H,8-11H2,1H3. The van der Waals surface area contributed by atoms with Crippen molar-refractivity contribution in [3.8, 4) is 6.07 Å². The first kappa shape index (κ1) is 19.4. The van der Waals surface area contributed by atoms with Gasteiger partial charge in [-0.3, -0.25) is 4.90 Å². The van der Waals surface area contributed by atoms with Gasteiger partial charge in [-0.05, 0) is 36.8 Å². The van der Waals surface area contributed by atoms with E-state index in [2.05, 4.69) is 6.07 Å². The van der Waals surface area contributed by atoms with Gasteiger partial charge in [-0.15, -0.1) is 0 Å². The molecule has 0 N–H and O–H groups in total. The maximum atomic E-state index is 14.0. The van der Waals surface area contributed by atoms with E-state index < -0.39 is 27.7 Å². The fourth-order valence-electron chi connectivity index (χ4n) is 3.29. The molecule has 2 aromatic carbocycles. The van der Waals surface area contributed by atoms with Crippen LogP contribution in [0.1, 0.15) is 17.2 Å². The van der Waals surface area contributed by atoms with E-state index in [0.717, 1.165) is 6.07 Å². The van der Waals surface area contributed by atoms with Gasteiger partial charge < -0.3 is 0 Å². The van der Waals surface area contributed by atoms with Crippen LogP contribution in [-0.4, -0.2) is 43.8 Å². The van der Waals surface area contributed by atoms with Gasteiger partial charge in [0.15, 0.2) is 0 Å². The molecule has 1 fully saturated rings. The van der Waals surface area contributed by atoms with E-state index in [-0.39, 0.29) is 23.5 Å². The van der Waals surface area contributed by atoms with Gasteiger partial charge in [0.2, 0.25) is 10.0 Å². The van der Waals surface area contributed by atoms with Crippen molar-refractivity contribution in [1.29, 1.82) is 5.26 Å². The first-order valence-corrected chi connectivity index (χ1v) is 9.93. The normalized spacial score (nSPS) is 17.4. The molecule has 0 aliphatic carbocycles. The molecule has 1 aliphatic heterocycles. The van der Waals surface area contributed by atoms with Gasteiger partial charge in [-0.25, -0.2) is 17.2 Å². The molecule has 142 valence electrons. The summed E-state index contributed by atoms with van der Waals surface area (Å²) < 4.78 is 54.3. The molecule has 2 aromatic rings. The van der Waals surface area contributed by atoms with E-state index in [1.165, 1.54) is 22.5 Å². The summed E-state index contributed by atoms with van der Waals surface area (Å²) in [6.07, 6.45) is 0. The monoisotopic (exact) mass is 391 g/mol. The molecule has 5 nitrogen and oxygen atoms in total. The highest BCUT2D eigenvalue weighted by atomic mass is 32.2. The second kappa shape index (κ2) is 7.72. The van der Waals surface area contributed by atoms with Crippen LogP contribution in [0, 0.1) is 29.9 Å². The van der Waals surface area contributed by atoms with Crippen molar-refractivity contribution < 1.29 is 17.2 Å². The SMILES string of the molecule is Cc1cc(F)ccc1S(=O)(=O)N1CCN(C(C#N)c2ccccc2F)CC1. The molecule has 0 aromatic heterocycles. The highest BCUT2D eigenvalue weighted by Gasteiger charge is 2.33. The summed E-state index contributed by atoms with van der Waals surface area (Å²) in [4.78, 5) is 1.84. The lowest BCUT2D eigenvalue weighted by Gasteiger charge is -2.36. The summed E-state index contributed by atoms with van der Waals surface area (Å²) in [6, 6.07) is 11.0. The van der Waals surface area contributed by atoms with Gasteiger partial charge in [0.25, 0.3) is 0 Å². The van der Waals surface area contributed by atoms with Crippen LogP contribution in [0.3, 0.4) is 0 Å². The first-order chi connectivity index (χ1) is 12.8. The molecule has 0 amide bonds. The fraction of sp³-hybridized carbons (Fsp3) is 0.316. The number of nitrogens with zero attached hydrogens (tertiary/aromatic N) is 3. The van der Waals surface area contributed by atoms with E-state index in [1.807, 2.05) is 0 Å². The summed E-state index contributed by atoms with van der Waals surface area (Å²) >= 11 is 0. The Morgan fingerprint density at radius 1 is 1.07 bits per heavy atom. The lowest BCUT2D eigenvalue weighted by molar-refractivity contribution is 0.160. The van der Waals surface area contributed by atoms with Gasteiger partial charge in [0.05, 0.1) is 11.0 Å². The Morgan fingerprint density at radius 2 is 1.74 bits per heavy atom. The van der Waals surface area contributed by atoms with Crippen LogP contribution < -0.4 is 0 Å². The average Bonchev–Trinajstić information content (AvgIpc) is 2.64. The minimum absolute atomic E-state index is 0.0725. The number of nitriles is 1.